The van der Waals surface area contributed by atoms with Crippen molar-refractivity contribution in [1.29, 1.82) is 0 Å². The van der Waals surface area contributed by atoms with Crippen LogP contribution in [-0.4, -0.2) is 60.3 Å². The summed E-state index contributed by atoms with van der Waals surface area (Å²) in [6.07, 6.45) is 12.5. The minimum Gasteiger partial charge on any atom is -0.382 e. The third-order valence-electron chi connectivity index (χ3n) is 7.65. The van der Waals surface area contributed by atoms with Crippen molar-refractivity contribution in [3.63, 3.8) is 0 Å². The van der Waals surface area contributed by atoms with Gasteiger partial charge in [0.15, 0.2) is 5.82 Å². The standard InChI is InChI=1S/C27H30F3N9O2S/c28-10-7-17-1-3-19(4-2-17)34-23-13-25(32-15-21(23)22-9-12-38(37-22)27(29)30)35-24-8-11-31-26(36-24)18-14-33-39(16-18)42(40,41)20-5-6-20/h8-9,11-17,19-20,27H,1-7,10H2,(H2,31,32,34,35,36). The normalized spacial score (nSPS) is 19.2. The Bertz CT molecular complexity index is 1650. The molecule has 11 nitrogen and oxygen atoms in total. The van der Waals surface area contributed by atoms with Gasteiger partial charge in [0.1, 0.15) is 11.6 Å². The highest BCUT2D eigenvalue weighted by Gasteiger charge is 2.37. The first kappa shape index (κ1) is 28.1. The molecule has 0 amide bonds. The molecule has 4 aromatic heterocycles. The molecule has 0 aliphatic heterocycles. The van der Waals surface area contributed by atoms with Crippen molar-refractivity contribution in [2.24, 2.45) is 5.92 Å². The van der Waals surface area contributed by atoms with Gasteiger partial charge in [-0.25, -0.2) is 28.1 Å². The molecule has 6 rings (SSSR count). The second-order valence-corrected chi connectivity index (χ2v) is 12.7. The molecule has 0 bridgehead atoms. The number of anilines is 3. The SMILES string of the molecule is O=S(=O)(C1CC1)n1cc(-c2nccc(Nc3cc(NC4CCC(CCF)CC4)c(-c4ccn(C(F)F)n4)cn3)n2)cn1. The second-order valence-electron chi connectivity index (χ2n) is 10.6. The number of hydrogen-bond donors (Lipinski definition) is 2. The lowest BCUT2D eigenvalue weighted by Crippen LogP contribution is -2.26. The third kappa shape index (κ3) is 6.10. The van der Waals surface area contributed by atoms with Gasteiger partial charge in [-0.3, -0.25) is 4.39 Å². The quantitative estimate of drug-likeness (QED) is 0.232. The first-order valence-corrected chi connectivity index (χ1v) is 15.4. The van der Waals surface area contributed by atoms with E-state index in [1.165, 1.54) is 30.9 Å². The van der Waals surface area contributed by atoms with Crippen LogP contribution in [0.3, 0.4) is 0 Å². The van der Waals surface area contributed by atoms with Gasteiger partial charge in [0.25, 0.3) is 10.0 Å². The van der Waals surface area contributed by atoms with Gasteiger partial charge in [0.2, 0.25) is 0 Å². The lowest BCUT2D eigenvalue weighted by molar-refractivity contribution is 0.0568. The van der Waals surface area contributed by atoms with Crippen molar-refractivity contribution < 1.29 is 21.6 Å². The van der Waals surface area contributed by atoms with E-state index in [0.29, 0.717) is 64.0 Å². The minimum absolute atomic E-state index is 0.126. The molecule has 0 radical (unpaired) electrons. The van der Waals surface area contributed by atoms with Gasteiger partial charge in [0, 0.05) is 41.9 Å². The Balaban J connectivity index is 1.24. The Kier molecular flexibility index (Phi) is 7.84. The first-order chi connectivity index (χ1) is 20.3. The summed E-state index contributed by atoms with van der Waals surface area (Å²) in [5.41, 5.74) is 2.04. The lowest BCUT2D eigenvalue weighted by atomic mass is 9.84. The van der Waals surface area contributed by atoms with Crippen molar-refractivity contribution in [1.82, 2.24) is 33.9 Å². The zero-order valence-electron chi connectivity index (χ0n) is 22.6. The zero-order valence-corrected chi connectivity index (χ0v) is 23.4. The fourth-order valence-electron chi connectivity index (χ4n) is 5.18. The molecule has 2 N–H and O–H groups in total. The van der Waals surface area contributed by atoms with E-state index in [1.807, 2.05) is 0 Å². The lowest BCUT2D eigenvalue weighted by Gasteiger charge is -2.30. The maximum Gasteiger partial charge on any atom is 0.333 e. The van der Waals surface area contributed by atoms with E-state index in [9.17, 15) is 21.6 Å². The summed E-state index contributed by atoms with van der Waals surface area (Å²) in [5, 5.41) is 14.3. The van der Waals surface area contributed by atoms with Crippen LogP contribution in [0.25, 0.3) is 22.6 Å². The molecule has 2 saturated carbocycles. The number of pyridine rings is 1. The van der Waals surface area contributed by atoms with E-state index in [1.54, 1.807) is 18.3 Å². The zero-order chi connectivity index (χ0) is 29.3. The van der Waals surface area contributed by atoms with Gasteiger partial charge in [-0.2, -0.15) is 23.1 Å². The average Bonchev–Trinajstić information content (AvgIpc) is 3.52. The van der Waals surface area contributed by atoms with Crippen molar-refractivity contribution in [2.45, 2.75) is 62.8 Å². The van der Waals surface area contributed by atoms with E-state index >= 15 is 0 Å². The molecule has 2 fully saturated rings. The monoisotopic (exact) mass is 601 g/mol. The van der Waals surface area contributed by atoms with Crippen LogP contribution >= 0.6 is 0 Å². The van der Waals surface area contributed by atoms with Crippen LogP contribution in [0.1, 0.15) is 51.5 Å². The highest BCUT2D eigenvalue weighted by Crippen LogP contribution is 2.34. The molecule has 15 heteroatoms. The minimum atomic E-state index is -3.51. The van der Waals surface area contributed by atoms with Gasteiger partial charge in [-0.05, 0) is 63.0 Å². The van der Waals surface area contributed by atoms with E-state index < -0.39 is 21.8 Å². The number of halogens is 3. The molecule has 0 spiro atoms. The summed E-state index contributed by atoms with van der Waals surface area (Å²) in [6, 6.07) is 5.06. The molecule has 0 saturated heterocycles. The third-order valence-corrected chi connectivity index (χ3v) is 9.68. The smallest absolute Gasteiger partial charge is 0.333 e. The Morgan fingerprint density at radius 2 is 1.83 bits per heavy atom. The Labute approximate surface area is 240 Å². The summed E-state index contributed by atoms with van der Waals surface area (Å²) in [4.78, 5) is 13.2. The summed E-state index contributed by atoms with van der Waals surface area (Å²) in [6.45, 7) is -3.08. The molecule has 42 heavy (non-hydrogen) atoms. The van der Waals surface area contributed by atoms with Gasteiger partial charge in [-0.15, -0.1) is 0 Å². The molecule has 2 aliphatic carbocycles. The summed E-state index contributed by atoms with van der Waals surface area (Å²) in [7, 11) is -3.51. The van der Waals surface area contributed by atoms with Crippen LogP contribution in [0.2, 0.25) is 0 Å². The number of rotatable bonds is 11. The molecule has 222 valence electrons. The maximum absolute atomic E-state index is 13.2. The molecule has 0 unspecified atom stereocenters. The predicted molar refractivity (Wildman–Crippen MR) is 151 cm³/mol. The highest BCUT2D eigenvalue weighted by molar-refractivity contribution is 7.90. The number of hydrogen-bond acceptors (Lipinski definition) is 9. The molecule has 2 aliphatic rings. The molecular weight excluding hydrogens is 571 g/mol. The summed E-state index contributed by atoms with van der Waals surface area (Å²) in [5.74, 6) is 1.52. The van der Waals surface area contributed by atoms with Crippen LogP contribution in [0.4, 0.5) is 30.5 Å². The molecule has 4 aromatic rings. The average molecular weight is 602 g/mol. The Morgan fingerprint density at radius 1 is 1.02 bits per heavy atom. The van der Waals surface area contributed by atoms with Crippen LogP contribution < -0.4 is 10.6 Å². The first-order valence-electron chi connectivity index (χ1n) is 13.9. The maximum atomic E-state index is 13.2. The van der Waals surface area contributed by atoms with Crippen molar-refractivity contribution in [3.05, 3.63) is 49.2 Å². The summed E-state index contributed by atoms with van der Waals surface area (Å²) < 4.78 is 65.8. The van der Waals surface area contributed by atoms with Crippen molar-refractivity contribution in [3.8, 4) is 22.6 Å². The number of nitrogens with one attached hydrogen (secondary N) is 2. The summed E-state index contributed by atoms with van der Waals surface area (Å²) >= 11 is 0. The van der Waals surface area contributed by atoms with E-state index in [2.05, 4.69) is 35.8 Å². The molecule has 0 atom stereocenters. The van der Waals surface area contributed by atoms with Crippen LogP contribution in [-0.2, 0) is 10.0 Å². The number of alkyl halides is 3. The fourth-order valence-corrected chi connectivity index (χ4v) is 6.66. The van der Waals surface area contributed by atoms with Gasteiger partial charge in [0.05, 0.1) is 35.6 Å². The van der Waals surface area contributed by atoms with Gasteiger partial charge >= 0.3 is 6.55 Å². The van der Waals surface area contributed by atoms with E-state index in [4.69, 9.17) is 0 Å². The fraction of sp³-hybridized carbons (Fsp3) is 0.444. The van der Waals surface area contributed by atoms with Crippen LogP contribution in [0.5, 0.6) is 0 Å². The van der Waals surface area contributed by atoms with E-state index in [0.717, 1.165) is 29.8 Å². The number of aromatic nitrogens is 7. The van der Waals surface area contributed by atoms with Crippen molar-refractivity contribution in [2.75, 3.05) is 17.3 Å². The van der Waals surface area contributed by atoms with Gasteiger partial charge < -0.3 is 10.6 Å². The topological polar surface area (TPSA) is 133 Å². The number of nitrogens with zero attached hydrogens (tertiary/aromatic N) is 7. The van der Waals surface area contributed by atoms with Gasteiger partial charge in [-0.1, -0.05) is 0 Å². The van der Waals surface area contributed by atoms with Crippen LogP contribution in [0.15, 0.2) is 49.2 Å². The van der Waals surface area contributed by atoms with Crippen molar-refractivity contribution >= 4 is 27.3 Å². The largest absolute Gasteiger partial charge is 0.382 e. The molecule has 0 aromatic carbocycles. The molecule has 4 heterocycles. The van der Waals surface area contributed by atoms with Crippen LogP contribution in [0, 0.1) is 5.92 Å². The van der Waals surface area contributed by atoms with E-state index in [-0.39, 0.29) is 18.5 Å². The predicted octanol–water partition coefficient (Wildman–Crippen LogP) is 5.41. The Morgan fingerprint density at radius 3 is 2.55 bits per heavy atom. The highest BCUT2D eigenvalue weighted by atomic mass is 32.2. The Hall–Kier alpha value is -4.01. The molecular formula is C27H30F3N9O2S. The second kappa shape index (κ2) is 11.7.